The van der Waals surface area contributed by atoms with Crippen molar-refractivity contribution in [3.63, 3.8) is 0 Å². The van der Waals surface area contributed by atoms with Crippen molar-refractivity contribution in [2.45, 2.75) is 64.9 Å². The Morgan fingerprint density at radius 3 is 2.19 bits per heavy atom. The molecule has 1 aliphatic carbocycles. The van der Waals surface area contributed by atoms with Crippen LogP contribution in [0.25, 0.3) is 0 Å². The average Bonchev–Trinajstić information content (AvgIpc) is 2.47. The first kappa shape index (κ1) is 16.4. The maximum Gasteiger partial charge on any atom is 0.160 e. The zero-order valence-corrected chi connectivity index (χ0v) is 14.1. The molecule has 1 aromatic heterocycles. The first-order chi connectivity index (χ1) is 9.93. The van der Waals surface area contributed by atoms with E-state index in [-0.39, 0.29) is 5.60 Å². The molecule has 2 rings (SSSR count). The van der Waals surface area contributed by atoms with Gasteiger partial charge in [0.05, 0.1) is 0 Å². The third-order valence-electron chi connectivity index (χ3n) is 5.05. The predicted octanol–water partition coefficient (Wildman–Crippen LogP) is 3.21. The summed E-state index contributed by atoms with van der Waals surface area (Å²) in [6.45, 7) is 9.19. The monoisotopic (exact) mass is 291 g/mol. The number of aryl methyl sites for hydroxylation is 2. The summed E-state index contributed by atoms with van der Waals surface area (Å²) in [5.41, 5.74) is 8.80. The summed E-state index contributed by atoms with van der Waals surface area (Å²) >= 11 is 0. The van der Waals surface area contributed by atoms with Crippen molar-refractivity contribution in [2.24, 2.45) is 11.7 Å². The van der Waals surface area contributed by atoms with Gasteiger partial charge in [0.15, 0.2) is 5.82 Å². The summed E-state index contributed by atoms with van der Waals surface area (Å²) in [7, 11) is 1.79. The van der Waals surface area contributed by atoms with Crippen molar-refractivity contribution in [2.75, 3.05) is 13.7 Å². The summed E-state index contributed by atoms with van der Waals surface area (Å²) in [4.78, 5) is 9.61. The lowest BCUT2D eigenvalue weighted by Crippen LogP contribution is -2.36. The van der Waals surface area contributed by atoms with Gasteiger partial charge in [-0.05, 0) is 63.5 Å². The second-order valence-electron chi connectivity index (χ2n) is 6.65. The fourth-order valence-electron chi connectivity index (χ4n) is 3.51. The minimum Gasteiger partial charge on any atom is -0.370 e. The maximum atomic E-state index is 5.90. The highest BCUT2D eigenvalue weighted by molar-refractivity contribution is 5.29. The lowest BCUT2D eigenvalue weighted by molar-refractivity contribution is -0.0600. The molecule has 0 aromatic carbocycles. The van der Waals surface area contributed by atoms with Crippen molar-refractivity contribution in [1.29, 1.82) is 0 Å². The summed E-state index contributed by atoms with van der Waals surface area (Å²) in [6, 6.07) is 0. The fourth-order valence-corrected chi connectivity index (χ4v) is 3.51. The zero-order chi connectivity index (χ0) is 15.6. The summed E-state index contributed by atoms with van der Waals surface area (Å²) in [6.07, 6.45) is 4.37. The van der Waals surface area contributed by atoms with Crippen LogP contribution >= 0.6 is 0 Å². The molecule has 1 aliphatic rings. The third kappa shape index (κ3) is 3.11. The van der Waals surface area contributed by atoms with E-state index in [1.165, 1.54) is 18.4 Å². The van der Waals surface area contributed by atoms with Crippen molar-refractivity contribution < 1.29 is 4.74 Å². The van der Waals surface area contributed by atoms with Gasteiger partial charge in [-0.25, -0.2) is 9.97 Å². The molecule has 0 amide bonds. The molecule has 0 saturated heterocycles. The largest absolute Gasteiger partial charge is 0.370 e. The molecule has 1 fully saturated rings. The second-order valence-corrected chi connectivity index (χ2v) is 6.65. The van der Waals surface area contributed by atoms with Gasteiger partial charge < -0.3 is 10.5 Å². The number of rotatable bonds is 4. The molecule has 0 bridgehead atoms. The van der Waals surface area contributed by atoms with E-state index in [0.717, 1.165) is 36.0 Å². The highest BCUT2D eigenvalue weighted by atomic mass is 16.5. The Bertz CT molecular complexity index is 470. The molecule has 0 radical (unpaired) electrons. The molecule has 2 N–H and O–H groups in total. The predicted molar refractivity (Wildman–Crippen MR) is 85.3 cm³/mol. The second kappa shape index (κ2) is 6.41. The Morgan fingerprint density at radius 1 is 1.24 bits per heavy atom. The van der Waals surface area contributed by atoms with Crippen LogP contribution in [0.4, 0.5) is 0 Å². The van der Waals surface area contributed by atoms with Gasteiger partial charge in [0.2, 0.25) is 0 Å². The van der Waals surface area contributed by atoms with Crippen LogP contribution < -0.4 is 5.73 Å². The van der Waals surface area contributed by atoms with Gasteiger partial charge in [-0.3, -0.25) is 0 Å². The maximum absolute atomic E-state index is 5.90. The van der Waals surface area contributed by atoms with Crippen LogP contribution in [-0.4, -0.2) is 23.6 Å². The number of hydrogen-bond donors (Lipinski definition) is 1. The van der Waals surface area contributed by atoms with E-state index in [1.54, 1.807) is 7.11 Å². The molecule has 0 aliphatic heterocycles. The molecule has 4 heteroatoms. The number of nitrogens with two attached hydrogens (primary N) is 1. The van der Waals surface area contributed by atoms with Crippen molar-refractivity contribution in [3.05, 3.63) is 22.8 Å². The highest BCUT2D eigenvalue weighted by Gasteiger charge is 2.39. The van der Waals surface area contributed by atoms with E-state index in [0.29, 0.717) is 12.5 Å². The first-order valence-electron chi connectivity index (χ1n) is 8.04. The Balaban J connectivity index is 2.40. The van der Waals surface area contributed by atoms with Crippen LogP contribution in [0.2, 0.25) is 0 Å². The lowest BCUT2D eigenvalue weighted by atomic mass is 9.78. The van der Waals surface area contributed by atoms with Gasteiger partial charge >= 0.3 is 0 Å². The molecular formula is C17H29N3O. The van der Waals surface area contributed by atoms with E-state index in [9.17, 15) is 0 Å². The SMILES string of the molecule is COC1(c2nc(C)c(C(C)CN)c(C)n2)CCC(C)CC1. The van der Waals surface area contributed by atoms with Gasteiger partial charge in [-0.15, -0.1) is 0 Å². The molecule has 21 heavy (non-hydrogen) atoms. The Hall–Kier alpha value is -1.00. The highest BCUT2D eigenvalue weighted by Crippen LogP contribution is 2.41. The number of aromatic nitrogens is 2. The van der Waals surface area contributed by atoms with Crippen LogP contribution in [-0.2, 0) is 10.3 Å². The van der Waals surface area contributed by atoms with Crippen molar-refractivity contribution in [3.8, 4) is 0 Å². The van der Waals surface area contributed by atoms with Crippen LogP contribution in [0.3, 0.4) is 0 Å². The van der Waals surface area contributed by atoms with Gasteiger partial charge in [0.1, 0.15) is 5.60 Å². The van der Waals surface area contributed by atoms with Crippen LogP contribution in [0.1, 0.15) is 68.2 Å². The van der Waals surface area contributed by atoms with E-state index < -0.39 is 0 Å². The molecule has 118 valence electrons. The van der Waals surface area contributed by atoms with Gasteiger partial charge in [0.25, 0.3) is 0 Å². The molecule has 1 aromatic rings. The molecular weight excluding hydrogens is 262 g/mol. The van der Waals surface area contributed by atoms with E-state index in [2.05, 4.69) is 27.7 Å². The van der Waals surface area contributed by atoms with Crippen LogP contribution in [0.15, 0.2) is 0 Å². The Kier molecular flexibility index (Phi) is 4.99. The van der Waals surface area contributed by atoms with Crippen LogP contribution in [0.5, 0.6) is 0 Å². The first-order valence-corrected chi connectivity index (χ1v) is 8.04. The molecule has 4 nitrogen and oxygen atoms in total. The molecule has 1 saturated carbocycles. The third-order valence-corrected chi connectivity index (χ3v) is 5.05. The van der Waals surface area contributed by atoms with E-state index in [1.807, 2.05) is 0 Å². The van der Waals surface area contributed by atoms with Gasteiger partial charge in [-0.1, -0.05) is 13.8 Å². The van der Waals surface area contributed by atoms with Crippen LogP contribution in [0, 0.1) is 19.8 Å². The summed E-state index contributed by atoms with van der Waals surface area (Å²) in [5, 5.41) is 0. The molecule has 1 atom stereocenters. The van der Waals surface area contributed by atoms with E-state index >= 15 is 0 Å². The lowest BCUT2D eigenvalue weighted by Gasteiger charge is -2.37. The summed E-state index contributed by atoms with van der Waals surface area (Å²) in [5.74, 6) is 1.93. The smallest absolute Gasteiger partial charge is 0.160 e. The Labute approximate surface area is 128 Å². The van der Waals surface area contributed by atoms with Gasteiger partial charge in [-0.2, -0.15) is 0 Å². The molecule has 1 heterocycles. The van der Waals surface area contributed by atoms with E-state index in [4.69, 9.17) is 20.4 Å². The fraction of sp³-hybridized carbons (Fsp3) is 0.765. The quantitative estimate of drug-likeness (QED) is 0.925. The number of nitrogens with zero attached hydrogens (tertiary/aromatic N) is 2. The normalized spacial score (nSPS) is 27.6. The minimum absolute atomic E-state index is 0.295. The number of hydrogen-bond acceptors (Lipinski definition) is 4. The topological polar surface area (TPSA) is 61.0 Å². The number of ether oxygens (including phenoxy) is 1. The standard InChI is InChI=1S/C17H29N3O/c1-11-6-8-17(21-5,9-7-11)16-19-13(3)15(12(2)10-18)14(4)20-16/h11-12H,6-10,18H2,1-5H3. The minimum atomic E-state index is -0.299. The van der Waals surface area contributed by atoms with Crippen molar-refractivity contribution >= 4 is 0 Å². The molecule has 1 unspecified atom stereocenters. The average molecular weight is 291 g/mol. The van der Waals surface area contributed by atoms with Crippen molar-refractivity contribution in [1.82, 2.24) is 9.97 Å². The number of methoxy groups -OCH3 is 1. The van der Waals surface area contributed by atoms with Gasteiger partial charge in [0, 0.05) is 18.5 Å². The summed E-state index contributed by atoms with van der Waals surface area (Å²) < 4.78 is 5.90. The molecule has 0 spiro atoms. The zero-order valence-electron chi connectivity index (χ0n) is 14.1. The Morgan fingerprint density at radius 2 is 1.76 bits per heavy atom.